The molecule has 2 saturated heterocycles. The number of piperazine rings is 1. The topological polar surface area (TPSA) is 30.3 Å². The minimum absolute atomic E-state index is 0.269. The van der Waals surface area contributed by atoms with Crippen molar-refractivity contribution in [1.82, 2.24) is 9.80 Å². The highest BCUT2D eigenvalue weighted by molar-refractivity contribution is 5.01. The molecule has 1 aliphatic carbocycles. The number of nitriles is 1. The maximum Gasteiger partial charge on any atom is 0.0672 e. The number of fused-ring (bicyclic) bond motifs is 1. The molecule has 0 aromatic rings. The highest BCUT2D eigenvalue weighted by Gasteiger charge is 2.41. The summed E-state index contributed by atoms with van der Waals surface area (Å²) in [5.74, 6) is 1.11. The molecule has 0 bridgehead atoms. The first-order chi connectivity index (χ1) is 10.2. The lowest BCUT2D eigenvalue weighted by atomic mass is 9.76. The summed E-state index contributed by atoms with van der Waals surface area (Å²) in [6, 6.07) is 4.54. The Kier molecular flexibility index (Phi) is 4.86. The lowest BCUT2D eigenvalue weighted by molar-refractivity contribution is -0.0308. The third-order valence-corrected chi connectivity index (χ3v) is 6.33. The summed E-state index contributed by atoms with van der Waals surface area (Å²) in [5.41, 5.74) is 0. The number of piperidine rings is 1. The summed E-state index contributed by atoms with van der Waals surface area (Å²) in [5, 5.41) is 9.58. The average Bonchev–Trinajstić information content (AvgIpc) is 2.53. The fourth-order valence-corrected chi connectivity index (χ4v) is 4.96. The van der Waals surface area contributed by atoms with Gasteiger partial charge in [-0.15, -0.1) is 0 Å². The number of hydrogen-bond acceptors (Lipinski definition) is 3. The Morgan fingerprint density at radius 1 is 1.14 bits per heavy atom. The molecule has 5 unspecified atom stereocenters. The molecule has 5 atom stereocenters. The van der Waals surface area contributed by atoms with Gasteiger partial charge in [-0.3, -0.25) is 9.80 Å². The van der Waals surface area contributed by atoms with Crippen LogP contribution in [0.1, 0.15) is 58.8 Å². The van der Waals surface area contributed by atoms with Gasteiger partial charge in [0.15, 0.2) is 0 Å². The van der Waals surface area contributed by atoms with Gasteiger partial charge in [0.25, 0.3) is 0 Å². The zero-order valence-electron chi connectivity index (χ0n) is 13.8. The maximum absolute atomic E-state index is 9.58. The molecule has 3 rings (SSSR count). The minimum Gasteiger partial charge on any atom is -0.298 e. The first-order valence-electron chi connectivity index (χ1n) is 9.12. The van der Waals surface area contributed by atoms with Gasteiger partial charge in [0.1, 0.15) is 0 Å². The summed E-state index contributed by atoms with van der Waals surface area (Å²) in [4.78, 5) is 5.44. The van der Waals surface area contributed by atoms with Crippen LogP contribution in [0.3, 0.4) is 0 Å². The molecule has 0 spiro atoms. The normalized spacial score (nSPS) is 42.2. The van der Waals surface area contributed by atoms with Crippen molar-refractivity contribution in [3.8, 4) is 6.07 Å². The van der Waals surface area contributed by atoms with E-state index in [0.29, 0.717) is 12.1 Å². The molecule has 1 saturated carbocycles. The predicted molar refractivity (Wildman–Crippen MR) is 85.9 cm³/mol. The third-order valence-electron chi connectivity index (χ3n) is 6.33. The molecule has 0 amide bonds. The van der Waals surface area contributed by atoms with Gasteiger partial charge < -0.3 is 0 Å². The lowest BCUT2D eigenvalue weighted by Gasteiger charge is -2.52. The second-order valence-electron chi connectivity index (χ2n) is 7.58. The van der Waals surface area contributed by atoms with Crippen molar-refractivity contribution in [2.24, 2.45) is 11.8 Å². The van der Waals surface area contributed by atoms with Gasteiger partial charge in [-0.05, 0) is 51.5 Å². The molecule has 0 radical (unpaired) electrons. The van der Waals surface area contributed by atoms with Crippen LogP contribution in [0.5, 0.6) is 0 Å². The molecular weight excluding hydrogens is 258 g/mol. The van der Waals surface area contributed by atoms with Crippen LogP contribution in [-0.4, -0.2) is 47.6 Å². The van der Waals surface area contributed by atoms with Gasteiger partial charge in [-0.2, -0.15) is 5.26 Å². The molecule has 3 aliphatic rings. The molecule has 0 aromatic carbocycles. The van der Waals surface area contributed by atoms with Crippen molar-refractivity contribution in [2.75, 3.05) is 19.6 Å². The van der Waals surface area contributed by atoms with E-state index in [1.54, 1.807) is 0 Å². The van der Waals surface area contributed by atoms with Crippen LogP contribution >= 0.6 is 0 Å². The van der Waals surface area contributed by atoms with Crippen LogP contribution in [0.25, 0.3) is 0 Å². The fraction of sp³-hybridized carbons (Fsp3) is 0.944. The van der Waals surface area contributed by atoms with E-state index in [-0.39, 0.29) is 5.92 Å². The van der Waals surface area contributed by atoms with Crippen molar-refractivity contribution in [1.29, 1.82) is 5.26 Å². The van der Waals surface area contributed by atoms with Gasteiger partial charge in [0, 0.05) is 31.2 Å². The van der Waals surface area contributed by atoms with E-state index in [4.69, 9.17) is 0 Å². The zero-order valence-corrected chi connectivity index (χ0v) is 13.8. The quantitative estimate of drug-likeness (QED) is 0.781. The Bertz CT molecular complexity index is 388. The Labute approximate surface area is 130 Å². The second kappa shape index (κ2) is 6.67. The van der Waals surface area contributed by atoms with Crippen LogP contribution in [0.15, 0.2) is 0 Å². The summed E-state index contributed by atoms with van der Waals surface area (Å²) in [6.07, 6.45) is 9.07. The summed E-state index contributed by atoms with van der Waals surface area (Å²) in [7, 11) is 0. The Morgan fingerprint density at radius 2 is 2.00 bits per heavy atom. The number of nitrogens with zero attached hydrogens (tertiary/aromatic N) is 3. The van der Waals surface area contributed by atoms with Crippen molar-refractivity contribution in [3.05, 3.63) is 0 Å². The van der Waals surface area contributed by atoms with Gasteiger partial charge >= 0.3 is 0 Å². The smallest absolute Gasteiger partial charge is 0.0672 e. The molecule has 3 fully saturated rings. The van der Waals surface area contributed by atoms with Crippen molar-refractivity contribution in [3.63, 3.8) is 0 Å². The van der Waals surface area contributed by atoms with Crippen molar-refractivity contribution in [2.45, 2.75) is 76.9 Å². The SMILES string of the molecule is CCC1CCC(C#N)C(N2CC3CCCCN3CC2C)C1. The van der Waals surface area contributed by atoms with Gasteiger partial charge in [0.2, 0.25) is 0 Å². The second-order valence-corrected chi connectivity index (χ2v) is 7.58. The zero-order chi connectivity index (χ0) is 14.8. The first kappa shape index (κ1) is 15.3. The molecule has 2 aliphatic heterocycles. The molecule has 0 N–H and O–H groups in total. The van der Waals surface area contributed by atoms with Crippen LogP contribution in [-0.2, 0) is 0 Å². The Hall–Kier alpha value is -0.590. The Morgan fingerprint density at radius 3 is 2.76 bits per heavy atom. The highest BCUT2D eigenvalue weighted by Crippen LogP contribution is 2.36. The molecule has 2 heterocycles. The van der Waals surface area contributed by atoms with E-state index >= 15 is 0 Å². The fourth-order valence-electron chi connectivity index (χ4n) is 4.96. The van der Waals surface area contributed by atoms with Crippen molar-refractivity contribution < 1.29 is 0 Å². The molecular formula is C18H31N3. The third kappa shape index (κ3) is 3.12. The van der Waals surface area contributed by atoms with Crippen LogP contribution in [0.4, 0.5) is 0 Å². The maximum atomic E-state index is 9.58. The molecule has 3 nitrogen and oxygen atoms in total. The molecule has 21 heavy (non-hydrogen) atoms. The largest absolute Gasteiger partial charge is 0.298 e. The van der Waals surface area contributed by atoms with Gasteiger partial charge in [-0.1, -0.05) is 19.8 Å². The van der Waals surface area contributed by atoms with E-state index in [9.17, 15) is 5.26 Å². The first-order valence-corrected chi connectivity index (χ1v) is 9.12. The van der Waals surface area contributed by atoms with Gasteiger partial charge in [0.05, 0.1) is 12.0 Å². The average molecular weight is 289 g/mol. The highest BCUT2D eigenvalue weighted by atomic mass is 15.3. The van der Waals surface area contributed by atoms with E-state index in [1.165, 1.54) is 58.2 Å². The van der Waals surface area contributed by atoms with E-state index < -0.39 is 0 Å². The van der Waals surface area contributed by atoms with E-state index in [2.05, 4.69) is 29.7 Å². The van der Waals surface area contributed by atoms with Crippen LogP contribution in [0, 0.1) is 23.2 Å². The summed E-state index contributed by atoms with van der Waals surface area (Å²) in [6.45, 7) is 8.43. The molecule has 118 valence electrons. The summed E-state index contributed by atoms with van der Waals surface area (Å²) < 4.78 is 0. The number of rotatable bonds is 2. The predicted octanol–water partition coefficient (Wildman–Crippen LogP) is 3.26. The minimum atomic E-state index is 0.269. The van der Waals surface area contributed by atoms with Crippen LogP contribution < -0.4 is 0 Å². The monoisotopic (exact) mass is 289 g/mol. The standard InChI is InChI=1S/C18H31N3/c1-3-15-7-8-16(11-19)18(10-15)21-13-17-6-4-5-9-20(17)12-14(21)2/h14-18H,3-10,12-13H2,1-2H3. The lowest BCUT2D eigenvalue weighted by Crippen LogP contribution is -2.62. The van der Waals surface area contributed by atoms with Crippen LogP contribution in [0.2, 0.25) is 0 Å². The van der Waals surface area contributed by atoms with Crippen molar-refractivity contribution >= 4 is 0 Å². The Balaban J connectivity index is 1.72. The molecule has 3 heteroatoms. The van der Waals surface area contributed by atoms with E-state index in [1.807, 2.05) is 0 Å². The van der Waals surface area contributed by atoms with E-state index in [0.717, 1.165) is 18.4 Å². The number of hydrogen-bond donors (Lipinski definition) is 0. The summed E-state index contributed by atoms with van der Waals surface area (Å²) >= 11 is 0. The molecule has 0 aromatic heterocycles. The van der Waals surface area contributed by atoms with Gasteiger partial charge in [-0.25, -0.2) is 0 Å².